The lowest BCUT2D eigenvalue weighted by atomic mass is 10.0. The summed E-state index contributed by atoms with van der Waals surface area (Å²) in [5.74, 6) is 2.62. The summed E-state index contributed by atoms with van der Waals surface area (Å²) in [5, 5.41) is 2.60. The maximum atomic E-state index is 14.9. The van der Waals surface area contributed by atoms with Gasteiger partial charge in [0.05, 0.1) is 18.2 Å². The van der Waals surface area contributed by atoms with Crippen LogP contribution in [0.3, 0.4) is 0 Å². The quantitative estimate of drug-likeness (QED) is 0.401. The van der Waals surface area contributed by atoms with Crippen LogP contribution in [0.4, 0.5) is 24.7 Å². The van der Waals surface area contributed by atoms with Crippen molar-refractivity contribution in [2.45, 2.75) is 51.2 Å². The van der Waals surface area contributed by atoms with Gasteiger partial charge in [0, 0.05) is 17.7 Å². The number of nitrogens with one attached hydrogen (secondary N) is 1. The minimum atomic E-state index is -1.23. The largest absolute Gasteiger partial charge is 0.485 e. The molecule has 41 heavy (non-hydrogen) atoms. The number of benzene rings is 2. The number of amides is 2. The minimum Gasteiger partial charge on any atom is -0.485 e. The van der Waals surface area contributed by atoms with Crippen molar-refractivity contribution in [3.05, 3.63) is 65.0 Å². The molecule has 5 rings (SSSR count). The molecule has 2 fully saturated rings. The van der Waals surface area contributed by atoms with Gasteiger partial charge in [-0.25, -0.2) is 23.1 Å². The Morgan fingerprint density at radius 2 is 1.98 bits per heavy atom. The van der Waals surface area contributed by atoms with Crippen LogP contribution in [0.2, 0.25) is 0 Å². The molecule has 0 radical (unpaired) electrons. The van der Waals surface area contributed by atoms with Crippen molar-refractivity contribution in [1.82, 2.24) is 14.9 Å². The van der Waals surface area contributed by atoms with Crippen molar-refractivity contribution in [1.29, 1.82) is 0 Å². The summed E-state index contributed by atoms with van der Waals surface area (Å²) in [5.41, 5.74) is 7.67. The number of likely N-dealkylation sites (tertiary alicyclic amines) is 1. The van der Waals surface area contributed by atoms with Crippen LogP contribution in [0.15, 0.2) is 36.7 Å². The predicted octanol–water partition coefficient (Wildman–Crippen LogP) is 4.78. The molecule has 0 bridgehead atoms. The first-order chi connectivity index (χ1) is 19.7. The molecule has 3 aromatic rings. The van der Waals surface area contributed by atoms with Crippen molar-refractivity contribution >= 4 is 23.3 Å². The molecule has 2 aromatic carbocycles. The second kappa shape index (κ2) is 11.5. The third-order valence-corrected chi connectivity index (χ3v) is 7.27. The number of carbonyl (C=O) groups is 2. The zero-order chi connectivity index (χ0) is 29.3. The Morgan fingerprint density at radius 3 is 2.68 bits per heavy atom. The number of hydrogen-bond donors (Lipinski definition) is 2. The van der Waals surface area contributed by atoms with E-state index in [0.717, 1.165) is 24.5 Å². The highest BCUT2D eigenvalue weighted by molar-refractivity contribution is 6.05. The van der Waals surface area contributed by atoms with Crippen LogP contribution in [0.25, 0.3) is 11.3 Å². The number of nitrogens with zero attached hydrogens (tertiary/aromatic N) is 3. The smallest absolute Gasteiger partial charge is 0.298 e. The number of nitrogen functional groups attached to an aromatic ring is 1. The predicted molar refractivity (Wildman–Crippen MR) is 147 cm³/mol. The molecular formula is C30H28F3N5O3. The summed E-state index contributed by atoms with van der Waals surface area (Å²) >= 11 is 0. The van der Waals surface area contributed by atoms with Crippen LogP contribution in [-0.2, 0) is 4.79 Å². The monoisotopic (exact) mass is 563 g/mol. The SMILES string of the molecule is CC#CC(=O)N1C[C@H](F)CC1COc1c(N)ncnc1-c1cc(F)cc(NC(=O)c2ccc(C3CC3)cc2F)c1C. The van der Waals surface area contributed by atoms with Crippen LogP contribution in [0.5, 0.6) is 5.75 Å². The first kappa shape index (κ1) is 28.0. The third-order valence-electron chi connectivity index (χ3n) is 7.27. The maximum Gasteiger partial charge on any atom is 0.298 e. The lowest BCUT2D eigenvalue weighted by molar-refractivity contribution is -0.126. The fourth-order valence-corrected chi connectivity index (χ4v) is 4.98. The molecule has 212 valence electrons. The number of halogens is 3. The fourth-order valence-electron chi connectivity index (χ4n) is 4.98. The van der Waals surface area contributed by atoms with Crippen LogP contribution in [-0.4, -0.2) is 52.0 Å². The molecule has 8 nitrogen and oxygen atoms in total. The van der Waals surface area contributed by atoms with Crippen LogP contribution in [0.1, 0.15) is 53.6 Å². The van der Waals surface area contributed by atoms with Crippen molar-refractivity contribution < 1.29 is 27.5 Å². The first-order valence-corrected chi connectivity index (χ1v) is 13.2. The van der Waals surface area contributed by atoms with Crippen LogP contribution < -0.4 is 15.8 Å². The van der Waals surface area contributed by atoms with E-state index in [9.17, 15) is 22.8 Å². The molecule has 2 atom stereocenters. The van der Waals surface area contributed by atoms with E-state index >= 15 is 0 Å². The molecule has 3 N–H and O–H groups in total. The normalized spacial score (nSPS) is 18.0. The van der Waals surface area contributed by atoms with Gasteiger partial charge < -0.3 is 20.7 Å². The Balaban J connectivity index is 1.41. The van der Waals surface area contributed by atoms with Crippen molar-refractivity contribution in [2.24, 2.45) is 0 Å². The molecule has 1 aliphatic carbocycles. The van der Waals surface area contributed by atoms with Gasteiger partial charge >= 0.3 is 0 Å². The first-order valence-electron chi connectivity index (χ1n) is 13.2. The number of nitrogens with two attached hydrogens (primary N) is 1. The van der Waals surface area contributed by atoms with Gasteiger partial charge in [0.15, 0.2) is 11.6 Å². The Kier molecular flexibility index (Phi) is 7.83. The number of alkyl halides is 1. The summed E-state index contributed by atoms with van der Waals surface area (Å²) in [6.07, 6.45) is 1.98. The second-order valence-corrected chi connectivity index (χ2v) is 10.2. The lowest BCUT2D eigenvalue weighted by Gasteiger charge is -2.23. The molecule has 1 saturated heterocycles. The average molecular weight is 564 g/mol. The van der Waals surface area contributed by atoms with E-state index in [-0.39, 0.29) is 53.6 Å². The van der Waals surface area contributed by atoms with E-state index in [0.29, 0.717) is 11.5 Å². The zero-order valence-electron chi connectivity index (χ0n) is 22.5. The Hall–Kier alpha value is -4.59. The Labute approximate surface area is 235 Å². The number of carbonyl (C=O) groups excluding carboxylic acids is 2. The molecule has 2 heterocycles. The summed E-state index contributed by atoms with van der Waals surface area (Å²) < 4.78 is 49.7. The second-order valence-electron chi connectivity index (χ2n) is 10.2. The summed E-state index contributed by atoms with van der Waals surface area (Å²) in [4.78, 5) is 34.8. The Morgan fingerprint density at radius 1 is 1.20 bits per heavy atom. The Bertz CT molecular complexity index is 1580. The summed E-state index contributed by atoms with van der Waals surface area (Å²) in [7, 11) is 0. The topological polar surface area (TPSA) is 110 Å². The average Bonchev–Trinajstić information content (AvgIpc) is 3.71. The van der Waals surface area contributed by atoms with Gasteiger partial charge in [0.1, 0.15) is 36.4 Å². The van der Waals surface area contributed by atoms with Gasteiger partial charge in [0.2, 0.25) is 0 Å². The van der Waals surface area contributed by atoms with Crippen molar-refractivity contribution in [3.8, 4) is 28.8 Å². The van der Waals surface area contributed by atoms with E-state index in [2.05, 4.69) is 27.1 Å². The van der Waals surface area contributed by atoms with Gasteiger partial charge in [-0.05, 0) is 73.9 Å². The highest BCUT2D eigenvalue weighted by atomic mass is 19.1. The maximum absolute atomic E-state index is 14.9. The zero-order valence-corrected chi connectivity index (χ0v) is 22.5. The highest BCUT2D eigenvalue weighted by Crippen LogP contribution is 2.41. The number of rotatable bonds is 7. The number of hydrogen-bond acceptors (Lipinski definition) is 6. The van der Waals surface area contributed by atoms with Crippen molar-refractivity contribution in [3.63, 3.8) is 0 Å². The van der Waals surface area contributed by atoms with Crippen molar-refractivity contribution in [2.75, 3.05) is 24.2 Å². The summed E-state index contributed by atoms with van der Waals surface area (Å²) in [6.45, 7) is 2.91. The van der Waals surface area contributed by atoms with Gasteiger partial charge in [-0.1, -0.05) is 12.0 Å². The van der Waals surface area contributed by atoms with E-state index < -0.39 is 35.7 Å². The molecule has 1 aliphatic heterocycles. The van der Waals surface area contributed by atoms with Crippen LogP contribution in [0, 0.1) is 30.4 Å². The molecule has 11 heteroatoms. The molecular weight excluding hydrogens is 535 g/mol. The number of ether oxygens (including phenoxy) is 1. The van der Waals surface area contributed by atoms with Gasteiger partial charge in [0.25, 0.3) is 11.8 Å². The summed E-state index contributed by atoms with van der Waals surface area (Å²) in [6, 6.07) is 6.22. The third kappa shape index (κ3) is 5.96. The molecule has 1 unspecified atom stereocenters. The molecule has 2 amide bonds. The van der Waals surface area contributed by atoms with Gasteiger partial charge in [-0.2, -0.15) is 0 Å². The number of aromatic nitrogens is 2. The molecule has 2 aliphatic rings. The molecule has 0 spiro atoms. The van der Waals surface area contributed by atoms with E-state index in [4.69, 9.17) is 10.5 Å². The van der Waals surface area contributed by atoms with E-state index in [1.165, 1.54) is 36.4 Å². The van der Waals surface area contributed by atoms with E-state index in [1.807, 2.05) is 0 Å². The van der Waals surface area contributed by atoms with Gasteiger partial charge in [-0.3, -0.25) is 9.59 Å². The van der Waals surface area contributed by atoms with Gasteiger partial charge in [-0.15, -0.1) is 0 Å². The lowest BCUT2D eigenvalue weighted by Crippen LogP contribution is -2.38. The minimum absolute atomic E-state index is 0.0106. The highest BCUT2D eigenvalue weighted by Gasteiger charge is 2.36. The fraction of sp³-hybridized carbons (Fsp3) is 0.333. The molecule has 1 saturated carbocycles. The van der Waals surface area contributed by atoms with Crippen LogP contribution >= 0.6 is 0 Å². The van der Waals surface area contributed by atoms with E-state index in [1.54, 1.807) is 13.0 Å². The standard InChI is InChI=1S/C30H28F3N5O3/c1-3-4-26(39)38-13-20(32)10-21(38)14-41-28-27(35-15-36-29(28)34)23-11-19(31)12-25(16(23)2)37-30(40)22-8-7-18(9-24(22)33)17-5-6-17/h7-9,11-12,15,17,20-21H,5-6,10,13-14H2,1-2H3,(H,37,40)(H2,34,35,36)/t20-,21?/m1/s1. The molecule has 1 aromatic heterocycles. The number of anilines is 2.